The molecule has 0 radical (unpaired) electrons. The number of hydrogen-bond acceptors (Lipinski definition) is 9. The summed E-state index contributed by atoms with van der Waals surface area (Å²) in [6, 6.07) is 17.6. The van der Waals surface area contributed by atoms with Crippen molar-refractivity contribution in [3.63, 3.8) is 0 Å². The maximum absolute atomic E-state index is 6.24. The SMILES string of the molecule is CCN(CC)c1nc(Nc2ccc3ncccc3c2)nc(Nc2ccc3nc(C)cc(N)c3c2)n1. The van der Waals surface area contributed by atoms with Gasteiger partial charge in [0, 0.05) is 52.8 Å². The smallest absolute Gasteiger partial charge is 0.233 e. The minimum Gasteiger partial charge on any atom is -0.398 e. The van der Waals surface area contributed by atoms with Crippen LogP contribution in [0.25, 0.3) is 21.8 Å². The van der Waals surface area contributed by atoms with Gasteiger partial charge in [0.05, 0.1) is 11.0 Å². The highest BCUT2D eigenvalue weighted by molar-refractivity contribution is 5.93. The average Bonchev–Trinajstić information content (AvgIpc) is 2.85. The average molecular weight is 466 g/mol. The monoisotopic (exact) mass is 465 g/mol. The number of nitrogen functional groups attached to an aromatic ring is 1. The van der Waals surface area contributed by atoms with Crippen LogP contribution in [-0.4, -0.2) is 38.0 Å². The van der Waals surface area contributed by atoms with Gasteiger partial charge >= 0.3 is 0 Å². The lowest BCUT2D eigenvalue weighted by Crippen LogP contribution is -2.25. The Morgan fingerprint density at radius 3 is 2.20 bits per heavy atom. The third-order valence-electron chi connectivity index (χ3n) is 5.75. The Hall–Kier alpha value is -4.53. The molecule has 0 aliphatic carbocycles. The van der Waals surface area contributed by atoms with Crippen molar-refractivity contribution in [3.8, 4) is 0 Å². The minimum atomic E-state index is 0.435. The number of nitrogens with two attached hydrogens (primary N) is 1. The molecule has 0 fully saturated rings. The highest BCUT2D eigenvalue weighted by Gasteiger charge is 2.13. The van der Waals surface area contributed by atoms with Crippen molar-refractivity contribution in [2.75, 3.05) is 34.4 Å². The molecule has 0 atom stereocenters. The van der Waals surface area contributed by atoms with Gasteiger partial charge in [0.2, 0.25) is 17.8 Å². The van der Waals surface area contributed by atoms with Gasteiger partial charge in [-0.3, -0.25) is 9.97 Å². The Morgan fingerprint density at radius 2 is 1.49 bits per heavy atom. The number of aromatic nitrogens is 5. The largest absolute Gasteiger partial charge is 0.398 e. The summed E-state index contributed by atoms with van der Waals surface area (Å²) in [7, 11) is 0. The summed E-state index contributed by atoms with van der Waals surface area (Å²) in [5.74, 6) is 1.48. The molecule has 9 nitrogen and oxygen atoms in total. The van der Waals surface area contributed by atoms with Crippen molar-refractivity contribution in [3.05, 3.63) is 66.5 Å². The Bertz CT molecular complexity index is 1510. The molecule has 3 aromatic heterocycles. The molecule has 0 aliphatic heterocycles. The molecular formula is C26H27N9. The van der Waals surface area contributed by atoms with Crippen molar-refractivity contribution in [1.82, 2.24) is 24.9 Å². The number of fused-ring (bicyclic) bond motifs is 2. The van der Waals surface area contributed by atoms with Gasteiger partial charge in [-0.15, -0.1) is 0 Å². The highest BCUT2D eigenvalue weighted by atomic mass is 15.3. The number of nitrogens with zero attached hydrogens (tertiary/aromatic N) is 6. The molecule has 3 heterocycles. The molecule has 0 spiro atoms. The van der Waals surface area contributed by atoms with Crippen LogP contribution in [-0.2, 0) is 0 Å². The number of benzene rings is 2. The number of nitrogens with one attached hydrogen (secondary N) is 2. The zero-order chi connectivity index (χ0) is 24.4. The lowest BCUT2D eigenvalue weighted by atomic mass is 10.1. The predicted molar refractivity (Wildman–Crippen MR) is 143 cm³/mol. The molecule has 0 bridgehead atoms. The van der Waals surface area contributed by atoms with Crippen molar-refractivity contribution in [2.24, 2.45) is 0 Å². The lowest BCUT2D eigenvalue weighted by Gasteiger charge is -2.20. The summed E-state index contributed by atoms with van der Waals surface area (Å²) in [5, 5.41) is 8.55. The van der Waals surface area contributed by atoms with Crippen molar-refractivity contribution in [2.45, 2.75) is 20.8 Å². The standard InChI is InChI=1S/C26H27N9/c1-4-35(5-2)26-33-24(30-18-8-10-22-17(14-18)7-6-12-28-22)32-25(34-26)31-19-9-11-23-20(15-19)21(27)13-16(3)29-23/h6-15H,4-5H2,1-3H3,(H2,27,29)(H2,30,31,32,33,34). The Labute approximate surface area is 203 Å². The molecule has 2 aromatic carbocycles. The summed E-state index contributed by atoms with van der Waals surface area (Å²) in [6.07, 6.45) is 1.79. The first-order chi connectivity index (χ1) is 17.0. The van der Waals surface area contributed by atoms with E-state index in [9.17, 15) is 0 Å². The number of aryl methyl sites for hydroxylation is 1. The van der Waals surface area contributed by atoms with E-state index in [1.807, 2.05) is 61.5 Å². The van der Waals surface area contributed by atoms with Gasteiger partial charge in [-0.25, -0.2) is 0 Å². The van der Waals surface area contributed by atoms with Crippen LogP contribution < -0.4 is 21.3 Å². The number of rotatable bonds is 7. The zero-order valence-electron chi connectivity index (χ0n) is 19.9. The molecule has 176 valence electrons. The number of hydrogen-bond donors (Lipinski definition) is 3. The van der Waals surface area contributed by atoms with Crippen LogP contribution in [0.15, 0.2) is 60.8 Å². The van der Waals surface area contributed by atoms with E-state index in [0.29, 0.717) is 23.5 Å². The van der Waals surface area contributed by atoms with E-state index in [1.165, 1.54) is 0 Å². The van der Waals surface area contributed by atoms with E-state index in [4.69, 9.17) is 5.73 Å². The lowest BCUT2D eigenvalue weighted by molar-refractivity contribution is 0.816. The molecule has 5 rings (SSSR count). The Balaban J connectivity index is 1.50. The second kappa shape index (κ2) is 9.38. The Morgan fingerprint density at radius 1 is 0.800 bits per heavy atom. The van der Waals surface area contributed by atoms with Crippen LogP contribution >= 0.6 is 0 Å². The third kappa shape index (κ3) is 4.74. The van der Waals surface area contributed by atoms with Gasteiger partial charge in [0.25, 0.3) is 0 Å². The number of pyridine rings is 2. The topological polar surface area (TPSA) is 118 Å². The van der Waals surface area contributed by atoms with Crippen LogP contribution in [0.3, 0.4) is 0 Å². The van der Waals surface area contributed by atoms with E-state index in [2.05, 4.69) is 54.3 Å². The summed E-state index contributed by atoms with van der Waals surface area (Å²) in [6.45, 7) is 7.63. The normalized spacial score (nSPS) is 11.1. The van der Waals surface area contributed by atoms with E-state index < -0.39 is 0 Å². The first kappa shape index (κ1) is 22.3. The van der Waals surface area contributed by atoms with Crippen LogP contribution in [0.2, 0.25) is 0 Å². The molecule has 9 heteroatoms. The summed E-state index contributed by atoms with van der Waals surface area (Å²) < 4.78 is 0. The predicted octanol–water partition coefficient (Wildman–Crippen LogP) is 5.19. The van der Waals surface area contributed by atoms with E-state index >= 15 is 0 Å². The van der Waals surface area contributed by atoms with Gasteiger partial charge in [-0.1, -0.05) is 6.07 Å². The van der Waals surface area contributed by atoms with E-state index in [0.717, 1.165) is 52.0 Å². The quantitative estimate of drug-likeness (QED) is 0.298. The minimum absolute atomic E-state index is 0.435. The molecule has 0 saturated heterocycles. The molecule has 0 amide bonds. The fourth-order valence-electron chi connectivity index (χ4n) is 4.00. The maximum atomic E-state index is 6.24. The summed E-state index contributed by atoms with van der Waals surface area (Å²) in [4.78, 5) is 25.0. The van der Waals surface area contributed by atoms with E-state index in [1.54, 1.807) is 6.20 Å². The van der Waals surface area contributed by atoms with Gasteiger partial charge < -0.3 is 21.3 Å². The first-order valence-electron chi connectivity index (χ1n) is 11.6. The van der Waals surface area contributed by atoms with Crippen molar-refractivity contribution >= 4 is 56.7 Å². The highest BCUT2D eigenvalue weighted by Crippen LogP contribution is 2.27. The first-order valence-corrected chi connectivity index (χ1v) is 11.6. The van der Waals surface area contributed by atoms with Crippen LogP contribution in [0.4, 0.5) is 34.9 Å². The van der Waals surface area contributed by atoms with Gasteiger partial charge in [-0.2, -0.15) is 15.0 Å². The third-order valence-corrected chi connectivity index (χ3v) is 5.75. The molecular weight excluding hydrogens is 438 g/mol. The second-order valence-corrected chi connectivity index (χ2v) is 8.20. The van der Waals surface area contributed by atoms with Crippen LogP contribution in [0.5, 0.6) is 0 Å². The van der Waals surface area contributed by atoms with Gasteiger partial charge in [-0.05, 0) is 69.3 Å². The fraction of sp³-hybridized carbons (Fsp3) is 0.192. The molecule has 0 saturated carbocycles. The second-order valence-electron chi connectivity index (χ2n) is 8.20. The molecule has 35 heavy (non-hydrogen) atoms. The van der Waals surface area contributed by atoms with Gasteiger partial charge in [0.15, 0.2) is 0 Å². The van der Waals surface area contributed by atoms with Crippen molar-refractivity contribution < 1.29 is 0 Å². The van der Waals surface area contributed by atoms with Crippen LogP contribution in [0.1, 0.15) is 19.5 Å². The summed E-state index contributed by atoms with van der Waals surface area (Å²) >= 11 is 0. The number of anilines is 6. The summed E-state index contributed by atoms with van der Waals surface area (Å²) in [5.41, 5.74) is 11.3. The fourth-order valence-corrected chi connectivity index (χ4v) is 4.00. The van der Waals surface area contributed by atoms with E-state index in [-0.39, 0.29) is 0 Å². The molecule has 4 N–H and O–H groups in total. The Kier molecular flexibility index (Phi) is 5.97. The zero-order valence-corrected chi connectivity index (χ0v) is 19.9. The van der Waals surface area contributed by atoms with Gasteiger partial charge in [0.1, 0.15) is 0 Å². The van der Waals surface area contributed by atoms with Crippen LogP contribution in [0, 0.1) is 6.92 Å². The van der Waals surface area contributed by atoms with Crippen molar-refractivity contribution in [1.29, 1.82) is 0 Å². The molecule has 5 aromatic rings. The maximum Gasteiger partial charge on any atom is 0.233 e. The molecule has 0 aliphatic rings. The molecule has 0 unspecified atom stereocenters.